The van der Waals surface area contributed by atoms with Gasteiger partial charge in [-0.3, -0.25) is 0 Å². The molecule has 0 aliphatic heterocycles. The predicted octanol–water partition coefficient (Wildman–Crippen LogP) is 3.13. The molecule has 18 heavy (non-hydrogen) atoms. The molecule has 0 aromatic heterocycles. The maximum atomic E-state index is 9.60. The maximum absolute atomic E-state index is 9.60. The number of hydrogen-bond donors (Lipinski definition) is 2. The third kappa shape index (κ3) is 3.33. The van der Waals surface area contributed by atoms with Crippen LogP contribution >= 0.6 is 0 Å². The Hall–Kier alpha value is -0.860. The molecular formula is C16H25NO. The topological polar surface area (TPSA) is 32.3 Å². The largest absolute Gasteiger partial charge is 0.394 e. The lowest BCUT2D eigenvalue weighted by atomic mass is 9.79. The van der Waals surface area contributed by atoms with Crippen LogP contribution in [0.3, 0.4) is 0 Å². The van der Waals surface area contributed by atoms with E-state index in [1.807, 2.05) is 18.2 Å². The second-order valence-electron chi connectivity index (χ2n) is 5.81. The van der Waals surface area contributed by atoms with E-state index in [-0.39, 0.29) is 12.6 Å². The van der Waals surface area contributed by atoms with Gasteiger partial charge in [-0.05, 0) is 30.2 Å². The Morgan fingerprint density at radius 3 is 2.61 bits per heavy atom. The summed E-state index contributed by atoms with van der Waals surface area (Å²) in [5.74, 6) is 1.51. The second-order valence-corrected chi connectivity index (χ2v) is 5.81. The Labute approximate surface area is 110 Å². The van der Waals surface area contributed by atoms with Gasteiger partial charge in [0.25, 0.3) is 0 Å². The van der Waals surface area contributed by atoms with Crippen LogP contribution in [0.4, 0.5) is 0 Å². The van der Waals surface area contributed by atoms with Gasteiger partial charge in [-0.2, -0.15) is 0 Å². The van der Waals surface area contributed by atoms with E-state index in [9.17, 15) is 5.11 Å². The fraction of sp³-hybridized carbons (Fsp3) is 0.625. The highest BCUT2D eigenvalue weighted by atomic mass is 16.3. The van der Waals surface area contributed by atoms with Gasteiger partial charge in [0, 0.05) is 6.04 Å². The molecule has 2 nitrogen and oxygen atoms in total. The van der Waals surface area contributed by atoms with Crippen LogP contribution in [0.25, 0.3) is 0 Å². The summed E-state index contributed by atoms with van der Waals surface area (Å²) in [4.78, 5) is 0. The lowest BCUT2D eigenvalue weighted by Crippen LogP contribution is -2.42. The van der Waals surface area contributed by atoms with Gasteiger partial charge in [-0.15, -0.1) is 0 Å². The van der Waals surface area contributed by atoms with E-state index >= 15 is 0 Å². The molecule has 2 heteroatoms. The molecule has 0 bridgehead atoms. The number of aliphatic hydroxyl groups excluding tert-OH is 1. The molecule has 2 rings (SSSR count). The van der Waals surface area contributed by atoms with Gasteiger partial charge in [-0.25, -0.2) is 0 Å². The van der Waals surface area contributed by atoms with Crippen LogP contribution < -0.4 is 5.32 Å². The first-order chi connectivity index (χ1) is 8.70. The van der Waals surface area contributed by atoms with Crippen molar-refractivity contribution >= 4 is 0 Å². The molecule has 0 amide bonds. The molecule has 1 fully saturated rings. The maximum Gasteiger partial charge on any atom is 0.0626 e. The second kappa shape index (κ2) is 6.35. The fourth-order valence-corrected chi connectivity index (χ4v) is 2.96. The molecular weight excluding hydrogens is 222 g/mol. The predicted molar refractivity (Wildman–Crippen MR) is 75.4 cm³/mol. The molecule has 1 aliphatic carbocycles. The molecule has 1 saturated carbocycles. The van der Waals surface area contributed by atoms with E-state index in [0.717, 1.165) is 5.92 Å². The Morgan fingerprint density at radius 1 is 1.22 bits per heavy atom. The summed E-state index contributed by atoms with van der Waals surface area (Å²) in [6.45, 7) is 4.82. The van der Waals surface area contributed by atoms with Crippen LogP contribution in [-0.2, 0) is 0 Å². The summed E-state index contributed by atoms with van der Waals surface area (Å²) in [6.07, 6.45) is 3.87. The molecule has 1 aromatic carbocycles. The standard InChI is InChI=1S/C16H25NO/c1-12-8-9-13(2)15(10-12)17-16(11-18)14-6-4-3-5-7-14/h3-7,12-13,15-18H,8-11H2,1-2H3/t12?,13?,15?,16-/m0/s1. The zero-order valence-corrected chi connectivity index (χ0v) is 11.5. The molecule has 0 heterocycles. The van der Waals surface area contributed by atoms with Crippen molar-refractivity contribution in [2.75, 3.05) is 6.61 Å². The van der Waals surface area contributed by atoms with Gasteiger partial charge >= 0.3 is 0 Å². The molecule has 0 spiro atoms. The first-order valence-electron chi connectivity index (χ1n) is 7.12. The van der Waals surface area contributed by atoms with Crippen molar-refractivity contribution in [1.29, 1.82) is 0 Å². The summed E-state index contributed by atoms with van der Waals surface area (Å²) in [5, 5.41) is 13.3. The highest BCUT2D eigenvalue weighted by Crippen LogP contribution is 2.30. The Morgan fingerprint density at radius 2 is 1.94 bits per heavy atom. The van der Waals surface area contributed by atoms with Gasteiger partial charge in [0.15, 0.2) is 0 Å². The summed E-state index contributed by atoms with van der Waals surface area (Å²) >= 11 is 0. The molecule has 2 N–H and O–H groups in total. The van der Waals surface area contributed by atoms with Crippen molar-refractivity contribution in [3.8, 4) is 0 Å². The van der Waals surface area contributed by atoms with E-state index < -0.39 is 0 Å². The summed E-state index contributed by atoms with van der Waals surface area (Å²) in [6, 6.07) is 10.9. The highest BCUT2D eigenvalue weighted by molar-refractivity contribution is 5.19. The lowest BCUT2D eigenvalue weighted by Gasteiger charge is -2.36. The molecule has 100 valence electrons. The molecule has 1 aromatic rings. The molecule has 1 aliphatic rings. The minimum atomic E-state index is 0.0731. The van der Waals surface area contributed by atoms with Crippen molar-refractivity contribution in [3.63, 3.8) is 0 Å². The van der Waals surface area contributed by atoms with Crippen LogP contribution in [0, 0.1) is 11.8 Å². The van der Waals surface area contributed by atoms with Gasteiger partial charge in [0.05, 0.1) is 12.6 Å². The van der Waals surface area contributed by atoms with Crippen LogP contribution in [0.15, 0.2) is 30.3 Å². The zero-order chi connectivity index (χ0) is 13.0. The smallest absolute Gasteiger partial charge is 0.0626 e. The Balaban J connectivity index is 2.01. The van der Waals surface area contributed by atoms with E-state index in [1.54, 1.807) is 0 Å². The van der Waals surface area contributed by atoms with Crippen molar-refractivity contribution in [2.45, 2.75) is 45.2 Å². The number of aliphatic hydroxyl groups is 1. The molecule has 4 atom stereocenters. The summed E-state index contributed by atoms with van der Waals surface area (Å²) in [7, 11) is 0. The molecule has 3 unspecified atom stereocenters. The highest BCUT2D eigenvalue weighted by Gasteiger charge is 2.27. The van der Waals surface area contributed by atoms with Crippen LogP contribution in [0.1, 0.15) is 44.7 Å². The van der Waals surface area contributed by atoms with Crippen molar-refractivity contribution < 1.29 is 5.11 Å². The van der Waals surface area contributed by atoms with Crippen LogP contribution in [0.5, 0.6) is 0 Å². The summed E-state index contributed by atoms with van der Waals surface area (Å²) < 4.78 is 0. The van der Waals surface area contributed by atoms with Gasteiger partial charge in [0.1, 0.15) is 0 Å². The lowest BCUT2D eigenvalue weighted by molar-refractivity contribution is 0.176. The zero-order valence-electron chi connectivity index (χ0n) is 11.5. The van der Waals surface area contributed by atoms with Crippen molar-refractivity contribution in [1.82, 2.24) is 5.32 Å². The van der Waals surface area contributed by atoms with E-state index in [4.69, 9.17) is 0 Å². The monoisotopic (exact) mass is 247 g/mol. The van der Waals surface area contributed by atoms with E-state index in [2.05, 4.69) is 31.3 Å². The fourth-order valence-electron chi connectivity index (χ4n) is 2.96. The number of nitrogens with one attached hydrogen (secondary N) is 1. The molecule has 0 radical (unpaired) electrons. The van der Waals surface area contributed by atoms with E-state index in [1.165, 1.54) is 24.8 Å². The van der Waals surface area contributed by atoms with Gasteiger partial charge in [-0.1, -0.05) is 50.6 Å². The molecule has 0 saturated heterocycles. The first kappa shape index (κ1) is 13.6. The third-order valence-corrected chi connectivity index (χ3v) is 4.26. The van der Waals surface area contributed by atoms with Crippen molar-refractivity contribution in [2.24, 2.45) is 11.8 Å². The number of rotatable bonds is 4. The van der Waals surface area contributed by atoms with Gasteiger partial charge in [0.2, 0.25) is 0 Å². The average molecular weight is 247 g/mol. The minimum absolute atomic E-state index is 0.0731. The van der Waals surface area contributed by atoms with Gasteiger partial charge < -0.3 is 10.4 Å². The number of benzene rings is 1. The quantitative estimate of drug-likeness (QED) is 0.856. The van der Waals surface area contributed by atoms with Crippen LogP contribution in [-0.4, -0.2) is 17.8 Å². The van der Waals surface area contributed by atoms with Crippen molar-refractivity contribution in [3.05, 3.63) is 35.9 Å². The minimum Gasteiger partial charge on any atom is -0.394 e. The average Bonchev–Trinajstić information content (AvgIpc) is 2.41. The number of hydrogen-bond acceptors (Lipinski definition) is 2. The Kier molecular flexibility index (Phi) is 4.79. The Bertz CT molecular complexity index is 351. The third-order valence-electron chi connectivity index (χ3n) is 4.26. The summed E-state index contributed by atoms with van der Waals surface area (Å²) in [5.41, 5.74) is 1.19. The van der Waals surface area contributed by atoms with E-state index in [0.29, 0.717) is 12.0 Å². The van der Waals surface area contributed by atoms with Crippen LogP contribution in [0.2, 0.25) is 0 Å². The first-order valence-corrected chi connectivity index (χ1v) is 7.12. The SMILES string of the molecule is CC1CCC(C)C(N[C@@H](CO)c2ccccc2)C1. The normalized spacial score (nSPS) is 30.1.